The van der Waals surface area contributed by atoms with Gasteiger partial charge in [0.2, 0.25) is 5.82 Å². The predicted molar refractivity (Wildman–Crippen MR) is 66.0 cm³/mol. The molecule has 0 unspecified atom stereocenters. The number of rotatable bonds is 5. The number of pyridine rings is 1. The molecule has 0 amide bonds. The molecule has 0 aliphatic heterocycles. The van der Waals surface area contributed by atoms with Gasteiger partial charge in [0.15, 0.2) is 0 Å². The van der Waals surface area contributed by atoms with Gasteiger partial charge in [-0.05, 0) is 18.4 Å². The molecule has 1 aliphatic rings. The summed E-state index contributed by atoms with van der Waals surface area (Å²) in [4.78, 5) is 14.4. The fraction of sp³-hybridized carbons (Fsp3) is 0.583. The first kappa shape index (κ1) is 11.8. The first-order chi connectivity index (χ1) is 8.27. The van der Waals surface area contributed by atoms with Gasteiger partial charge in [0, 0.05) is 18.8 Å². The molecule has 1 heterocycles. The summed E-state index contributed by atoms with van der Waals surface area (Å²) in [6.45, 7) is 0.766. The Kier molecular flexibility index (Phi) is 3.90. The highest BCUT2D eigenvalue weighted by molar-refractivity contribution is 5.54. The number of hydrogen-bond donors (Lipinski definition) is 1. The molecule has 92 valence electrons. The van der Waals surface area contributed by atoms with Crippen LogP contribution in [-0.4, -0.2) is 16.5 Å². The van der Waals surface area contributed by atoms with Crippen molar-refractivity contribution in [2.75, 3.05) is 11.9 Å². The van der Waals surface area contributed by atoms with E-state index in [1.165, 1.54) is 31.7 Å². The Morgan fingerprint density at radius 1 is 1.47 bits per heavy atom. The van der Waals surface area contributed by atoms with Crippen LogP contribution in [0.2, 0.25) is 0 Å². The van der Waals surface area contributed by atoms with Gasteiger partial charge in [0.05, 0.1) is 4.92 Å². The lowest BCUT2D eigenvalue weighted by atomic mass is 10.0. The van der Waals surface area contributed by atoms with Crippen molar-refractivity contribution in [2.24, 2.45) is 5.92 Å². The molecule has 0 radical (unpaired) electrons. The second-order valence-electron chi connectivity index (χ2n) is 4.49. The van der Waals surface area contributed by atoms with E-state index < -0.39 is 4.92 Å². The topological polar surface area (TPSA) is 68.1 Å². The molecule has 1 fully saturated rings. The van der Waals surface area contributed by atoms with Crippen molar-refractivity contribution >= 4 is 11.5 Å². The Balaban J connectivity index is 1.87. The van der Waals surface area contributed by atoms with E-state index in [0.29, 0.717) is 5.82 Å². The van der Waals surface area contributed by atoms with Gasteiger partial charge >= 0.3 is 5.69 Å². The number of hydrogen-bond acceptors (Lipinski definition) is 4. The van der Waals surface area contributed by atoms with Crippen molar-refractivity contribution in [2.45, 2.75) is 32.1 Å². The molecule has 1 saturated carbocycles. The van der Waals surface area contributed by atoms with Gasteiger partial charge in [-0.25, -0.2) is 4.98 Å². The lowest BCUT2D eigenvalue weighted by Crippen LogP contribution is -2.09. The molecule has 2 rings (SSSR count). The number of anilines is 1. The number of aromatic nitrogens is 1. The fourth-order valence-electron chi connectivity index (χ4n) is 2.37. The SMILES string of the molecule is O=[N+]([O-])c1cccnc1NCCC1CCCC1. The summed E-state index contributed by atoms with van der Waals surface area (Å²) in [6.07, 6.45) is 7.90. The largest absolute Gasteiger partial charge is 0.364 e. The van der Waals surface area contributed by atoms with E-state index in [2.05, 4.69) is 10.3 Å². The van der Waals surface area contributed by atoms with E-state index in [-0.39, 0.29) is 5.69 Å². The Morgan fingerprint density at radius 3 is 2.94 bits per heavy atom. The summed E-state index contributed by atoms with van der Waals surface area (Å²) < 4.78 is 0. The summed E-state index contributed by atoms with van der Waals surface area (Å²) in [5, 5.41) is 13.8. The minimum absolute atomic E-state index is 0.0546. The average molecular weight is 235 g/mol. The zero-order chi connectivity index (χ0) is 12.1. The van der Waals surface area contributed by atoms with Crippen LogP contribution in [0.15, 0.2) is 18.3 Å². The minimum Gasteiger partial charge on any atom is -0.364 e. The normalized spacial score (nSPS) is 16.0. The number of nitrogens with one attached hydrogen (secondary N) is 1. The molecule has 1 aliphatic carbocycles. The van der Waals surface area contributed by atoms with Crippen LogP contribution in [0.5, 0.6) is 0 Å². The maximum absolute atomic E-state index is 10.8. The molecule has 0 atom stereocenters. The molecule has 5 heteroatoms. The van der Waals surface area contributed by atoms with Crippen molar-refractivity contribution in [1.29, 1.82) is 0 Å². The first-order valence-corrected chi connectivity index (χ1v) is 6.10. The van der Waals surface area contributed by atoms with Gasteiger partial charge in [0.25, 0.3) is 0 Å². The van der Waals surface area contributed by atoms with Crippen LogP contribution in [0.4, 0.5) is 11.5 Å². The highest BCUT2D eigenvalue weighted by Gasteiger charge is 2.16. The maximum atomic E-state index is 10.8. The molecule has 1 aromatic rings. The van der Waals surface area contributed by atoms with Crippen LogP contribution in [0.1, 0.15) is 32.1 Å². The van der Waals surface area contributed by atoms with E-state index in [1.807, 2.05) is 0 Å². The molecule has 0 bridgehead atoms. The van der Waals surface area contributed by atoms with Gasteiger partial charge in [-0.3, -0.25) is 10.1 Å². The Bertz CT molecular complexity index is 389. The van der Waals surface area contributed by atoms with Gasteiger partial charge in [-0.15, -0.1) is 0 Å². The molecule has 1 N–H and O–H groups in total. The highest BCUT2D eigenvalue weighted by Crippen LogP contribution is 2.28. The van der Waals surface area contributed by atoms with Crippen LogP contribution in [0.3, 0.4) is 0 Å². The summed E-state index contributed by atoms with van der Waals surface area (Å²) in [7, 11) is 0. The highest BCUT2D eigenvalue weighted by atomic mass is 16.6. The number of nitrogens with zero attached hydrogens (tertiary/aromatic N) is 2. The third-order valence-corrected chi connectivity index (χ3v) is 3.30. The third-order valence-electron chi connectivity index (χ3n) is 3.30. The van der Waals surface area contributed by atoms with E-state index in [9.17, 15) is 10.1 Å². The zero-order valence-electron chi connectivity index (χ0n) is 9.76. The maximum Gasteiger partial charge on any atom is 0.311 e. The Hall–Kier alpha value is -1.65. The smallest absolute Gasteiger partial charge is 0.311 e. The van der Waals surface area contributed by atoms with Crippen LogP contribution in [0, 0.1) is 16.0 Å². The van der Waals surface area contributed by atoms with E-state index in [4.69, 9.17) is 0 Å². The molecule has 0 spiro atoms. The monoisotopic (exact) mass is 235 g/mol. The van der Waals surface area contributed by atoms with Gasteiger partial charge < -0.3 is 5.32 Å². The van der Waals surface area contributed by atoms with Crippen LogP contribution in [-0.2, 0) is 0 Å². The summed E-state index contributed by atoms with van der Waals surface area (Å²) in [6, 6.07) is 3.06. The fourth-order valence-corrected chi connectivity index (χ4v) is 2.37. The first-order valence-electron chi connectivity index (χ1n) is 6.10. The van der Waals surface area contributed by atoms with Crippen LogP contribution < -0.4 is 5.32 Å². The van der Waals surface area contributed by atoms with Crippen molar-refractivity contribution in [3.63, 3.8) is 0 Å². The Labute approximate surface area is 100 Å². The Morgan fingerprint density at radius 2 is 2.24 bits per heavy atom. The second kappa shape index (κ2) is 5.61. The van der Waals surface area contributed by atoms with E-state index >= 15 is 0 Å². The zero-order valence-corrected chi connectivity index (χ0v) is 9.76. The predicted octanol–water partition coefficient (Wildman–Crippen LogP) is 2.98. The molecule has 5 nitrogen and oxygen atoms in total. The average Bonchev–Trinajstić information content (AvgIpc) is 2.82. The van der Waals surface area contributed by atoms with Crippen molar-refractivity contribution in [3.05, 3.63) is 28.4 Å². The third kappa shape index (κ3) is 3.15. The molecule has 1 aromatic heterocycles. The van der Waals surface area contributed by atoms with Gasteiger partial charge in [-0.1, -0.05) is 25.7 Å². The minimum atomic E-state index is -0.398. The second-order valence-corrected chi connectivity index (χ2v) is 4.49. The summed E-state index contributed by atoms with van der Waals surface area (Å²) in [5.74, 6) is 1.17. The van der Waals surface area contributed by atoms with Crippen molar-refractivity contribution < 1.29 is 4.92 Å². The molecular weight excluding hydrogens is 218 g/mol. The van der Waals surface area contributed by atoms with Crippen molar-refractivity contribution in [3.8, 4) is 0 Å². The lowest BCUT2D eigenvalue weighted by molar-refractivity contribution is -0.384. The molecular formula is C12H17N3O2. The van der Waals surface area contributed by atoms with Crippen molar-refractivity contribution in [1.82, 2.24) is 4.98 Å². The molecule has 0 saturated heterocycles. The van der Waals surface area contributed by atoms with Gasteiger partial charge in [-0.2, -0.15) is 0 Å². The quantitative estimate of drug-likeness (QED) is 0.629. The van der Waals surface area contributed by atoms with Gasteiger partial charge in [0.1, 0.15) is 0 Å². The van der Waals surface area contributed by atoms with Crippen LogP contribution in [0.25, 0.3) is 0 Å². The summed E-state index contributed by atoms with van der Waals surface area (Å²) >= 11 is 0. The van der Waals surface area contributed by atoms with E-state index in [0.717, 1.165) is 18.9 Å². The molecule has 0 aromatic carbocycles. The molecule has 17 heavy (non-hydrogen) atoms. The number of nitro groups is 1. The van der Waals surface area contributed by atoms with Crippen LogP contribution >= 0.6 is 0 Å². The standard InChI is InChI=1S/C12H17N3O2/c16-15(17)11-6-3-8-13-12(11)14-9-7-10-4-1-2-5-10/h3,6,8,10H,1-2,4-5,7,9H2,(H,13,14). The summed E-state index contributed by atoms with van der Waals surface area (Å²) in [5.41, 5.74) is 0.0546. The lowest BCUT2D eigenvalue weighted by Gasteiger charge is -2.10. The van der Waals surface area contributed by atoms with E-state index in [1.54, 1.807) is 12.3 Å².